The predicted molar refractivity (Wildman–Crippen MR) is 55.2 cm³/mol. The first-order valence-corrected chi connectivity index (χ1v) is 5.59. The van der Waals surface area contributed by atoms with Crippen LogP contribution in [0.2, 0.25) is 0 Å². The topological polar surface area (TPSA) is 76.0 Å². The van der Waals surface area contributed by atoms with E-state index < -0.39 is 5.97 Å². The van der Waals surface area contributed by atoms with Gasteiger partial charge in [0.2, 0.25) is 0 Å². The average molecular weight is 239 g/mol. The summed E-state index contributed by atoms with van der Waals surface area (Å²) in [7, 11) is 0. The van der Waals surface area contributed by atoms with Crippen molar-refractivity contribution in [2.24, 2.45) is 0 Å². The maximum Gasteiger partial charge on any atom is 0.356 e. The number of hydrogen-bond acceptors (Lipinski definition) is 6. The fraction of sp³-hybridized carbons (Fsp3) is 0. The third kappa shape index (κ3) is 2.51. The second kappa shape index (κ2) is 4.37. The molecule has 0 saturated heterocycles. The van der Waals surface area contributed by atoms with E-state index >= 15 is 0 Å². The van der Waals surface area contributed by atoms with Gasteiger partial charge >= 0.3 is 5.97 Å². The zero-order valence-electron chi connectivity index (χ0n) is 7.32. The lowest BCUT2D eigenvalue weighted by Crippen LogP contribution is -2.01. The number of aromatic nitrogens is 3. The Morgan fingerprint density at radius 3 is 2.80 bits per heavy atom. The predicted octanol–water partition coefficient (Wildman–Crippen LogP) is 1.78. The van der Waals surface area contributed by atoms with Crippen LogP contribution in [0.4, 0.5) is 0 Å². The van der Waals surface area contributed by atoms with Crippen molar-refractivity contribution in [2.45, 2.75) is 9.37 Å². The van der Waals surface area contributed by atoms with Crippen LogP contribution in [0.15, 0.2) is 33.1 Å². The van der Waals surface area contributed by atoms with Crippen LogP contribution in [-0.2, 0) is 0 Å². The highest BCUT2D eigenvalue weighted by Gasteiger charge is 2.06. The van der Waals surface area contributed by atoms with E-state index in [-0.39, 0.29) is 5.69 Å². The lowest BCUT2D eigenvalue weighted by Gasteiger charge is -1.95. The Bertz CT molecular complexity index is 455. The smallest absolute Gasteiger partial charge is 0.356 e. The summed E-state index contributed by atoms with van der Waals surface area (Å²) in [6.07, 6.45) is 1.70. The van der Waals surface area contributed by atoms with Gasteiger partial charge < -0.3 is 5.11 Å². The maximum absolute atomic E-state index is 10.5. The molecule has 0 radical (unpaired) electrons. The van der Waals surface area contributed by atoms with E-state index in [1.54, 1.807) is 12.3 Å². The molecular formula is C8H5N3O2S2. The fourth-order valence-electron chi connectivity index (χ4n) is 0.839. The second-order valence-corrected chi connectivity index (χ2v) is 4.62. The molecule has 0 atom stereocenters. The number of rotatable bonds is 3. The van der Waals surface area contributed by atoms with E-state index in [1.807, 2.05) is 5.38 Å². The molecule has 2 aromatic heterocycles. The highest BCUT2D eigenvalue weighted by Crippen LogP contribution is 2.26. The Labute approximate surface area is 93.2 Å². The molecule has 7 heteroatoms. The van der Waals surface area contributed by atoms with E-state index in [4.69, 9.17) is 5.11 Å². The standard InChI is InChI=1S/C8H5N3O2S2/c12-7(13)5-1-2-6(11-10-5)15-8-9-3-4-14-8/h1-4H,(H,12,13). The molecule has 0 unspecified atom stereocenters. The number of carboxylic acids is 1. The first kappa shape index (κ1) is 10.1. The molecule has 76 valence electrons. The van der Waals surface area contributed by atoms with Crippen LogP contribution in [0.5, 0.6) is 0 Å². The highest BCUT2D eigenvalue weighted by atomic mass is 32.2. The summed E-state index contributed by atoms with van der Waals surface area (Å²) in [4.78, 5) is 14.6. The molecule has 0 aromatic carbocycles. The number of hydrogen-bond donors (Lipinski definition) is 1. The molecule has 0 bridgehead atoms. The van der Waals surface area contributed by atoms with Crippen LogP contribution in [0, 0.1) is 0 Å². The monoisotopic (exact) mass is 239 g/mol. The SMILES string of the molecule is O=C(O)c1ccc(Sc2nccs2)nn1. The van der Waals surface area contributed by atoms with Crippen molar-refractivity contribution in [2.75, 3.05) is 0 Å². The molecule has 0 aliphatic heterocycles. The number of carbonyl (C=O) groups is 1. The van der Waals surface area contributed by atoms with Gasteiger partial charge in [-0.2, -0.15) is 0 Å². The molecule has 0 amide bonds. The van der Waals surface area contributed by atoms with E-state index in [2.05, 4.69) is 15.2 Å². The Kier molecular flexibility index (Phi) is 2.93. The number of aromatic carboxylic acids is 1. The third-order valence-corrected chi connectivity index (χ3v) is 3.27. The van der Waals surface area contributed by atoms with E-state index in [1.165, 1.54) is 29.2 Å². The minimum Gasteiger partial charge on any atom is -0.476 e. The summed E-state index contributed by atoms with van der Waals surface area (Å²) >= 11 is 2.85. The van der Waals surface area contributed by atoms with Crippen molar-refractivity contribution in [3.8, 4) is 0 Å². The third-order valence-electron chi connectivity index (χ3n) is 1.46. The summed E-state index contributed by atoms with van der Waals surface area (Å²) in [6, 6.07) is 3.04. The van der Waals surface area contributed by atoms with Gasteiger partial charge in [-0.05, 0) is 23.9 Å². The summed E-state index contributed by atoms with van der Waals surface area (Å²) in [5.41, 5.74) is -0.0570. The molecule has 2 rings (SSSR count). The molecule has 5 nitrogen and oxygen atoms in total. The normalized spacial score (nSPS) is 10.1. The molecule has 0 saturated carbocycles. The van der Waals surface area contributed by atoms with Gasteiger partial charge in [0.1, 0.15) is 5.03 Å². The summed E-state index contributed by atoms with van der Waals surface area (Å²) in [5.74, 6) is -1.08. The summed E-state index contributed by atoms with van der Waals surface area (Å²) in [6.45, 7) is 0. The van der Waals surface area contributed by atoms with Crippen LogP contribution in [0.3, 0.4) is 0 Å². The fourth-order valence-corrected chi connectivity index (χ4v) is 2.32. The lowest BCUT2D eigenvalue weighted by molar-refractivity contribution is 0.0689. The van der Waals surface area contributed by atoms with Gasteiger partial charge in [0, 0.05) is 11.6 Å². The Morgan fingerprint density at radius 2 is 2.27 bits per heavy atom. The number of nitrogens with zero attached hydrogens (tertiary/aromatic N) is 3. The molecule has 0 aliphatic carbocycles. The van der Waals surface area contributed by atoms with Crippen LogP contribution >= 0.6 is 23.1 Å². The van der Waals surface area contributed by atoms with Crippen LogP contribution in [0.1, 0.15) is 10.5 Å². The van der Waals surface area contributed by atoms with Gasteiger partial charge in [-0.1, -0.05) is 0 Å². The highest BCUT2D eigenvalue weighted by molar-refractivity contribution is 8.00. The van der Waals surface area contributed by atoms with Crippen LogP contribution < -0.4 is 0 Å². The Morgan fingerprint density at radius 1 is 1.40 bits per heavy atom. The van der Waals surface area contributed by atoms with Gasteiger partial charge in [0.15, 0.2) is 10.0 Å². The van der Waals surface area contributed by atoms with Crippen molar-refractivity contribution in [1.82, 2.24) is 15.2 Å². The van der Waals surface area contributed by atoms with E-state index in [9.17, 15) is 4.79 Å². The van der Waals surface area contributed by atoms with Crippen LogP contribution in [-0.4, -0.2) is 26.3 Å². The second-order valence-electron chi connectivity index (χ2n) is 2.46. The minimum atomic E-state index is -1.08. The quantitative estimate of drug-likeness (QED) is 0.879. The molecule has 0 spiro atoms. The Balaban J connectivity index is 2.14. The maximum atomic E-state index is 10.5. The number of carboxylic acid groups (broad SMARTS) is 1. The van der Waals surface area contributed by atoms with Gasteiger partial charge in [0.05, 0.1) is 0 Å². The first-order valence-electron chi connectivity index (χ1n) is 3.90. The molecule has 2 heterocycles. The average Bonchev–Trinajstić information content (AvgIpc) is 2.71. The minimum absolute atomic E-state index is 0.0570. The van der Waals surface area contributed by atoms with Gasteiger partial charge in [-0.15, -0.1) is 21.5 Å². The zero-order chi connectivity index (χ0) is 10.7. The van der Waals surface area contributed by atoms with Crippen molar-refractivity contribution < 1.29 is 9.90 Å². The zero-order valence-corrected chi connectivity index (χ0v) is 8.96. The van der Waals surface area contributed by atoms with Gasteiger partial charge in [-0.25, -0.2) is 9.78 Å². The summed E-state index contributed by atoms with van der Waals surface area (Å²) < 4.78 is 0.854. The number of thiazole rings is 1. The first-order chi connectivity index (χ1) is 7.25. The molecular weight excluding hydrogens is 234 g/mol. The summed E-state index contributed by atoms with van der Waals surface area (Å²) in [5, 5.41) is 18.4. The Hall–Kier alpha value is -1.47. The molecule has 1 N–H and O–H groups in total. The van der Waals surface area contributed by atoms with E-state index in [0.717, 1.165) is 4.34 Å². The van der Waals surface area contributed by atoms with Crippen molar-refractivity contribution in [3.63, 3.8) is 0 Å². The molecule has 0 fully saturated rings. The van der Waals surface area contributed by atoms with Crippen LogP contribution in [0.25, 0.3) is 0 Å². The lowest BCUT2D eigenvalue weighted by atomic mass is 10.4. The van der Waals surface area contributed by atoms with Gasteiger partial charge in [-0.3, -0.25) is 0 Å². The largest absolute Gasteiger partial charge is 0.476 e. The van der Waals surface area contributed by atoms with Crippen molar-refractivity contribution >= 4 is 29.1 Å². The molecule has 15 heavy (non-hydrogen) atoms. The van der Waals surface area contributed by atoms with Crippen molar-refractivity contribution in [1.29, 1.82) is 0 Å². The van der Waals surface area contributed by atoms with Gasteiger partial charge in [0.25, 0.3) is 0 Å². The van der Waals surface area contributed by atoms with E-state index in [0.29, 0.717) is 5.03 Å². The molecule has 0 aliphatic rings. The van der Waals surface area contributed by atoms with Crippen molar-refractivity contribution in [3.05, 3.63) is 29.4 Å². The molecule has 2 aromatic rings.